The molecule has 0 aliphatic heterocycles. The van der Waals surface area contributed by atoms with Crippen LogP contribution in [0.4, 0.5) is 0 Å². The normalized spacial score (nSPS) is 10.1. The summed E-state index contributed by atoms with van der Waals surface area (Å²) >= 11 is 7.40. The quantitative estimate of drug-likeness (QED) is 0.0704. The van der Waals surface area contributed by atoms with Crippen LogP contribution in [-0.2, 0) is 43.2 Å². The van der Waals surface area contributed by atoms with E-state index in [1.807, 2.05) is 97.1 Å². The first-order valence-electron chi connectivity index (χ1n) is 18.9. The largest absolute Gasteiger partial charge is 2.00 e. The maximum atomic E-state index is 7.13. The second kappa shape index (κ2) is 23.9. The van der Waals surface area contributed by atoms with Gasteiger partial charge in [-0.2, -0.15) is 30.7 Å². The topological polar surface area (TPSA) is 245 Å². The Hall–Kier alpha value is -8.16. The molecule has 0 saturated carbocycles. The van der Waals surface area contributed by atoms with Crippen LogP contribution in [0.3, 0.4) is 0 Å². The van der Waals surface area contributed by atoms with E-state index < -0.39 is 0 Å². The predicted molar refractivity (Wildman–Crippen MR) is 239 cm³/mol. The summed E-state index contributed by atoms with van der Waals surface area (Å²) in [6.07, 6.45) is 12.8. The average Bonchev–Trinajstić information content (AvgIpc) is 4.17. The molecule has 0 spiro atoms. The number of hydrogen-bond acceptors (Lipinski definition) is 16. The minimum atomic E-state index is 0. The third kappa shape index (κ3) is 13.4. The van der Waals surface area contributed by atoms with Crippen LogP contribution in [0, 0.1) is 0 Å². The average molecular weight is 949 g/mol. The van der Waals surface area contributed by atoms with Crippen molar-refractivity contribution in [3.63, 3.8) is 0 Å². The Morgan fingerprint density at radius 1 is 0.415 bits per heavy atom. The van der Waals surface area contributed by atoms with Crippen LogP contribution in [0.1, 0.15) is 22.3 Å². The summed E-state index contributed by atoms with van der Waals surface area (Å²) in [5, 5.41) is 50.4. The van der Waals surface area contributed by atoms with Gasteiger partial charge in [0, 0.05) is 22.3 Å². The van der Waals surface area contributed by atoms with Crippen molar-refractivity contribution in [2.75, 3.05) is 0 Å². The predicted octanol–water partition coefficient (Wildman–Crippen LogP) is 6.68. The van der Waals surface area contributed by atoms with Crippen molar-refractivity contribution in [1.82, 2.24) is 79.5 Å². The van der Waals surface area contributed by atoms with Gasteiger partial charge in [-0.05, 0) is 70.8 Å². The first-order chi connectivity index (χ1) is 31.5. The number of nitrogens with zero attached hydrogens (tertiary/aromatic N) is 18. The minimum absolute atomic E-state index is 0. The van der Waals surface area contributed by atoms with Crippen LogP contribution in [-0.4, -0.2) is 89.8 Å². The van der Waals surface area contributed by atoms with E-state index in [1.165, 1.54) is 35.6 Å². The molecule has 0 atom stereocenters. The Morgan fingerprint density at radius 2 is 0.646 bits per heavy atom. The first kappa shape index (κ1) is 46.3. The molecule has 65 heavy (non-hydrogen) atoms. The summed E-state index contributed by atoms with van der Waals surface area (Å²) in [4.78, 5) is 15.9. The SMILES string of the molecule is [Cu+2].[N-]=C=S.[N-]=C=S.c1cc(Cn2cncn2)cc(-c2nnc(-c3cccc(Cn4cncn4)c3)o2)c1.c1cc(Cn2cncn2)cc(-c2nnc(-c3cccc(Cn4cncn4)c3)o2)c1. The Morgan fingerprint density at radius 3 is 0.846 bits per heavy atom. The van der Waals surface area contributed by atoms with Crippen LogP contribution in [0.5, 0.6) is 0 Å². The fraction of sp³-hybridized carbons (Fsp3) is 0.0952. The molecule has 4 aromatic carbocycles. The Bertz CT molecular complexity index is 2640. The number of isothiocyanates is 2. The third-order valence-corrected chi connectivity index (χ3v) is 8.79. The van der Waals surface area contributed by atoms with Crippen LogP contribution in [0.2, 0.25) is 0 Å². The summed E-state index contributed by atoms with van der Waals surface area (Å²) in [5.74, 6) is 1.90. The molecular formula is C42H32CuN18O2S2. The summed E-state index contributed by atoms with van der Waals surface area (Å²) < 4.78 is 18.9. The number of thiocarbonyl (C=S) groups is 2. The Labute approximate surface area is 391 Å². The summed E-state index contributed by atoms with van der Waals surface area (Å²) in [6, 6.07) is 31.8. The second-order valence-corrected chi connectivity index (χ2v) is 13.5. The molecule has 0 aliphatic rings. The van der Waals surface area contributed by atoms with E-state index in [2.05, 4.69) is 85.2 Å². The van der Waals surface area contributed by atoms with Gasteiger partial charge >= 0.3 is 17.1 Å². The maximum Gasteiger partial charge on any atom is 2.00 e. The first-order valence-corrected chi connectivity index (χ1v) is 19.7. The molecule has 6 heterocycles. The van der Waals surface area contributed by atoms with Gasteiger partial charge in [-0.1, -0.05) is 73.0 Å². The molecule has 23 heteroatoms. The van der Waals surface area contributed by atoms with Crippen molar-refractivity contribution in [3.05, 3.63) is 181 Å². The van der Waals surface area contributed by atoms with E-state index in [0.717, 1.165) is 44.5 Å². The van der Waals surface area contributed by atoms with E-state index in [-0.39, 0.29) is 17.1 Å². The van der Waals surface area contributed by atoms with Gasteiger partial charge in [-0.3, -0.25) is 0 Å². The molecule has 6 aromatic heterocycles. The fourth-order valence-corrected chi connectivity index (χ4v) is 6.13. The summed E-state index contributed by atoms with van der Waals surface area (Å²) in [6.45, 7) is 2.50. The van der Waals surface area contributed by atoms with Gasteiger partial charge in [0.1, 0.15) is 50.6 Å². The zero-order valence-corrected chi connectivity index (χ0v) is 36.2. The maximum absolute atomic E-state index is 7.13. The van der Waals surface area contributed by atoms with Gasteiger partial charge in [-0.25, -0.2) is 38.7 Å². The van der Waals surface area contributed by atoms with Crippen molar-refractivity contribution >= 4 is 34.8 Å². The van der Waals surface area contributed by atoms with Gasteiger partial charge in [-0.15, -0.1) is 20.4 Å². The van der Waals surface area contributed by atoms with Crippen molar-refractivity contribution in [3.8, 4) is 45.8 Å². The Balaban J connectivity index is 0.000000190. The monoisotopic (exact) mass is 947 g/mol. The number of benzene rings is 4. The van der Waals surface area contributed by atoms with E-state index >= 15 is 0 Å². The molecule has 10 rings (SSSR count). The molecule has 20 nitrogen and oxygen atoms in total. The van der Waals surface area contributed by atoms with E-state index in [9.17, 15) is 0 Å². The van der Waals surface area contributed by atoms with E-state index in [4.69, 9.17) is 19.7 Å². The number of hydrogen-bond donors (Lipinski definition) is 0. The van der Waals surface area contributed by atoms with Gasteiger partial charge < -0.3 is 19.7 Å². The van der Waals surface area contributed by atoms with Crippen molar-refractivity contribution in [1.29, 1.82) is 0 Å². The van der Waals surface area contributed by atoms with Crippen molar-refractivity contribution in [2.24, 2.45) is 0 Å². The molecule has 0 fully saturated rings. The van der Waals surface area contributed by atoms with Gasteiger partial charge in [0.15, 0.2) is 0 Å². The zero-order chi connectivity index (χ0) is 44.4. The van der Waals surface area contributed by atoms with E-state index in [1.54, 1.807) is 44.0 Å². The number of aromatic nitrogens is 16. The second-order valence-electron chi connectivity index (χ2n) is 13.2. The van der Waals surface area contributed by atoms with Crippen LogP contribution in [0.15, 0.2) is 157 Å². The van der Waals surface area contributed by atoms with Crippen LogP contribution < -0.4 is 0 Å². The van der Waals surface area contributed by atoms with Gasteiger partial charge in [0.2, 0.25) is 23.6 Å². The molecular weight excluding hydrogens is 916 g/mol. The third-order valence-electron chi connectivity index (χ3n) is 8.79. The molecule has 0 amide bonds. The summed E-state index contributed by atoms with van der Waals surface area (Å²) in [5.41, 5.74) is 7.73. The van der Waals surface area contributed by atoms with Crippen molar-refractivity contribution in [2.45, 2.75) is 26.2 Å². The molecule has 10 aromatic rings. The molecule has 0 bridgehead atoms. The molecule has 0 unspecified atom stereocenters. The molecule has 325 valence electrons. The molecule has 1 radical (unpaired) electrons. The van der Waals surface area contributed by atoms with E-state index in [0.29, 0.717) is 49.7 Å². The van der Waals surface area contributed by atoms with Gasteiger partial charge in [0.05, 0.1) is 26.2 Å². The van der Waals surface area contributed by atoms with Crippen LogP contribution in [0.25, 0.3) is 56.6 Å². The van der Waals surface area contributed by atoms with Crippen molar-refractivity contribution < 1.29 is 25.9 Å². The minimum Gasteiger partial charge on any atom is -0.753 e. The standard InChI is InChI=1S/2C20H16N8O.2CNS.Cu/c2*1-3-15(9-27-13-21-11-23-27)7-17(5-1)19-25-26-20(29-19)18-6-2-4-16(8-18)10-28-14-22-12-24-28;2*2-1-3;/h2*1-8,11-14H,9-10H2;;;/q;;2*-1;+2. The van der Waals surface area contributed by atoms with Crippen LogP contribution >= 0.6 is 24.4 Å². The Kier molecular flexibility index (Phi) is 17.0. The summed E-state index contributed by atoms with van der Waals surface area (Å²) in [7, 11) is 0. The fourth-order valence-electron chi connectivity index (χ4n) is 6.13. The molecule has 0 saturated heterocycles. The van der Waals surface area contributed by atoms with Gasteiger partial charge in [0.25, 0.3) is 0 Å². The number of rotatable bonds is 12. The zero-order valence-electron chi connectivity index (χ0n) is 33.7. The smallest absolute Gasteiger partial charge is 0.753 e. The molecule has 0 N–H and O–H groups in total. The molecule has 0 aliphatic carbocycles.